The smallest absolute Gasteiger partial charge is 0.258 e. The lowest BCUT2D eigenvalue weighted by Crippen LogP contribution is -2.29. The Labute approximate surface area is 211 Å². The van der Waals surface area contributed by atoms with Crippen LogP contribution in [0.25, 0.3) is 11.0 Å². The molecule has 36 heavy (non-hydrogen) atoms. The quantitative estimate of drug-likeness (QED) is 0.215. The second-order valence-electron chi connectivity index (χ2n) is 8.23. The maximum atomic E-state index is 12.3. The molecule has 0 bridgehead atoms. The average Bonchev–Trinajstić information content (AvgIpc) is 3.27. The molecule has 0 radical (unpaired) electrons. The minimum Gasteiger partial charge on any atom is -0.493 e. The van der Waals surface area contributed by atoms with Gasteiger partial charge in [-0.3, -0.25) is 4.79 Å². The van der Waals surface area contributed by atoms with Gasteiger partial charge in [0.15, 0.2) is 18.1 Å². The Morgan fingerprint density at radius 1 is 1.03 bits per heavy atom. The summed E-state index contributed by atoms with van der Waals surface area (Å²) in [6.07, 6.45) is 3.40. The van der Waals surface area contributed by atoms with Crippen molar-refractivity contribution in [1.29, 1.82) is 0 Å². The lowest BCUT2D eigenvalue weighted by molar-refractivity contribution is -0.123. The van der Waals surface area contributed by atoms with E-state index in [-0.39, 0.29) is 12.5 Å². The van der Waals surface area contributed by atoms with Gasteiger partial charge in [-0.1, -0.05) is 42.5 Å². The number of hydrogen-bond acceptors (Lipinski definition) is 5. The summed E-state index contributed by atoms with van der Waals surface area (Å²) in [5.41, 5.74) is 3.04. The van der Waals surface area contributed by atoms with E-state index in [9.17, 15) is 4.79 Å². The highest BCUT2D eigenvalue weighted by Gasteiger charge is 2.12. The number of para-hydroxylation sites is 3. The van der Waals surface area contributed by atoms with Crippen LogP contribution in [0.5, 0.6) is 17.2 Å². The maximum Gasteiger partial charge on any atom is 0.258 e. The summed E-state index contributed by atoms with van der Waals surface area (Å²) in [5.74, 6) is 2.67. The molecular weight excluding hydrogens is 454 g/mol. The van der Waals surface area contributed by atoms with E-state index in [0.717, 1.165) is 35.3 Å². The normalized spacial score (nSPS) is 10.7. The highest BCUT2D eigenvalue weighted by molar-refractivity contribution is 5.78. The number of nitrogens with one attached hydrogen (secondary N) is 1. The Kier molecular flexibility index (Phi) is 8.59. The number of carbonyl (C=O) groups excluding carboxylic acids is 1. The highest BCUT2D eigenvalue weighted by Crippen LogP contribution is 2.28. The number of amides is 1. The monoisotopic (exact) mass is 485 g/mol. The molecular formula is C29H31N3O4. The van der Waals surface area contributed by atoms with Crippen LogP contribution in [0.2, 0.25) is 0 Å². The third-order valence-electron chi connectivity index (χ3n) is 5.68. The van der Waals surface area contributed by atoms with E-state index in [1.165, 1.54) is 0 Å². The molecule has 0 saturated carbocycles. The standard InChI is InChI=1S/C29H31N3O4/c1-3-10-22-15-16-26(27(19-22)34-2)35-18-9-17-32-25-14-8-7-13-24(25)31-28(32)20-30-29(33)21-36-23-11-5-4-6-12-23/h3-8,11-16,19H,1,9-10,17-18,20-21H2,2H3,(H,30,33). The zero-order valence-corrected chi connectivity index (χ0v) is 20.5. The molecule has 0 fully saturated rings. The van der Waals surface area contributed by atoms with E-state index in [2.05, 4.69) is 16.5 Å². The van der Waals surface area contributed by atoms with Gasteiger partial charge in [0.05, 0.1) is 31.3 Å². The van der Waals surface area contributed by atoms with Gasteiger partial charge in [0.25, 0.3) is 5.91 Å². The largest absolute Gasteiger partial charge is 0.493 e. The van der Waals surface area contributed by atoms with Gasteiger partial charge in [0.1, 0.15) is 11.6 Å². The van der Waals surface area contributed by atoms with Crippen molar-refractivity contribution in [2.75, 3.05) is 20.3 Å². The number of carbonyl (C=O) groups is 1. The predicted molar refractivity (Wildman–Crippen MR) is 141 cm³/mol. The number of ether oxygens (including phenoxy) is 3. The van der Waals surface area contributed by atoms with Crippen molar-refractivity contribution >= 4 is 16.9 Å². The van der Waals surface area contributed by atoms with E-state index < -0.39 is 0 Å². The molecule has 4 rings (SSSR count). The molecule has 4 aromatic rings. The van der Waals surface area contributed by atoms with Gasteiger partial charge in [0.2, 0.25) is 0 Å². The van der Waals surface area contributed by atoms with Crippen molar-refractivity contribution in [3.8, 4) is 17.2 Å². The Balaban J connectivity index is 1.35. The first-order chi connectivity index (χ1) is 17.7. The number of fused-ring (bicyclic) bond motifs is 1. The summed E-state index contributed by atoms with van der Waals surface area (Å²) >= 11 is 0. The fourth-order valence-corrected chi connectivity index (χ4v) is 3.93. The first-order valence-electron chi connectivity index (χ1n) is 12.0. The lowest BCUT2D eigenvalue weighted by atomic mass is 10.1. The maximum absolute atomic E-state index is 12.3. The molecule has 1 aromatic heterocycles. The molecule has 0 aliphatic rings. The molecule has 7 heteroatoms. The summed E-state index contributed by atoms with van der Waals surface area (Å²) in [6.45, 7) is 5.26. The van der Waals surface area contributed by atoms with Crippen molar-refractivity contribution in [2.24, 2.45) is 0 Å². The third-order valence-corrected chi connectivity index (χ3v) is 5.68. The number of hydrogen-bond donors (Lipinski definition) is 1. The first kappa shape index (κ1) is 24.9. The van der Waals surface area contributed by atoms with Gasteiger partial charge < -0.3 is 24.1 Å². The fourth-order valence-electron chi connectivity index (χ4n) is 3.93. The van der Waals surface area contributed by atoms with Crippen molar-refractivity contribution in [3.63, 3.8) is 0 Å². The van der Waals surface area contributed by atoms with Crippen LogP contribution in [0.1, 0.15) is 17.8 Å². The number of aryl methyl sites for hydroxylation is 1. The molecule has 186 valence electrons. The minimum atomic E-state index is -0.201. The number of nitrogens with zero attached hydrogens (tertiary/aromatic N) is 2. The lowest BCUT2D eigenvalue weighted by Gasteiger charge is -2.13. The zero-order valence-electron chi connectivity index (χ0n) is 20.5. The molecule has 1 heterocycles. The van der Waals surface area contributed by atoms with Crippen LogP contribution in [0.3, 0.4) is 0 Å². The summed E-state index contributed by atoms with van der Waals surface area (Å²) < 4.78 is 19.2. The topological polar surface area (TPSA) is 74.6 Å². The highest BCUT2D eigenvalue weighted by atomic mass is 16.5. The first-order valence-corrected chi connectivity index (χ1v) is 12.0. The van der Waals surface area contributed by atoms with Crippen LogP contribution < -0.4 is 19.5 Å². The van der Waals surface area contributed by atoms with Crippen LogP contribution >= 0.6 is 0 Å². The molecule has 0 atom stereocenters. The van der Waals surface area contributed by atoms with Crippen molar-refractivity contribution < 1.29 is 19.0 Å². The summed E-state index contributed by atoms with van der Waals surface area (Å²) in [6, 6.07) is 23.2. The van der Waals surface area contributed by atoms with E-state index in [1.807, 2.05) is 78.9 Å². The van der Waals surface area contributed by atoms with Crippen LogP contribution in [0, 0.1) is 0 Å². The van der Waals surface area contributed by atoms with Gasteiger partial charge in [-0.2, -0.15) is 0 Å². The van der Waals surface area contributed by atoms with Gasteiger partial charge in [-0.05, 0) is 54.8 Å². The molecule has 7 nitrogen and oxygen atoms in total. The van der Waals surface area contributed by atoms with Crippen LogP contribution in [0.4, 0.5) is 0 Å². The number of imidazole rings is 1. The van der Waals surface area contributed by atoms with E-state index >= 15 is 0 Å². The molecule has 0 aliphatic carbocycles. The van der Waals surface area contributed by atoms with E-state index in [4.69, 9.17) is 19.2 Å². The Morgan fingerprint density at radius 3 is 2.64 bits per heavy atom. The van der Waals surface area contributed by atoms with Crippen LogP contribution in [-0.4, -0.2) is 35.8 Å². The number of methoxy groups -OCH3 is 1. The Bertz CT molecular complexity index is 1300. The number of benzene rings is 3. The number of rotatable bonds is 13. The summed E-state index contributed by atoms with van der Waals surface area (Å²) in [7, 11) is 1.64. The van der Waals surface area contributed by atoms with E-state index in [1.54, 1.807) is 7.11 Å². The molecule has 1 N–H and O–H groups in total. The molecule has 0 unspecified atom stereocenters. The Morgan fingerprint density at radius 2 is 1.83 bits per heavy atom. The van der Waals surface area contributed by atoms with Crippen molar-refractivity contribution in [1.82, 2.24) is 14.9 Å². The molecule has 3 aromatic carbocycles. The van der Waals surface area contributed by atoms with Crippen LogP contribution in [0.15, 0.2) is 85.5 Å². The van der Waals surface area contributed by atoms with Gasteiger partial charge in [-0.15, -0.1) is 6.58 Å². The van der Waals surface area contributed by atoms with Gasteiger partial charge >= 0.3 is 0 Å². The number of allylic oxidation sites excluding steroid dienone is 1. The third kappa shape index (κ3) is 6.44. The molecule has 1 amide bonds. The van der Waals surface area contributed by atoms with Crippen molar-refractivity contribution in [2.45, 2.75) is 25.9 Å². The van der Waals surface area contributed by atoms with Crippen molar-refractivity contribution in [3.05, 3.63) is 96.8 Å². The Hall–Kier alpha value is -4.26. The minimum absolute atomic E-state index is 0.0501. The predicted octanol–water partition coefficient (Wildman–Crippen LogP) is 4.94. The summed E-state index contributed by atoms with van der Waals surface area (Å²) in [5, 5.41) is 2.92. The van der Waals surface area contributed by atoms with E-state index in [0.29, 0.717) is 36.9 Å². The molecule has 0 saturated heterocycles. The second kappa shape index (κ2) is 12.4. The zero-order chi connectivity index (χ0) is 25.2. The summed E-state index contributed by atoms with van der Waals surface area (Å²) in [4.78, 5) is 17.1. The second-order valence-corrected chi connectivity index (χ2v) is 8.23. The van der Waals surface area contributed by atoms with Crippen LogP contribution in [-0.2, 0) is 24.3 Å². The molecule has 0 spiro atoms. The fraction of sp³-hybridized carbons (Fsp3) is 0.241. The van der Waals surface area contributed by atoms with Gasteiger partial charge in [0, 0.05) is 6.54 Å². The average molecular weight is 486 g/mol. The van der Waals surface area contributed by atoms with Gasteiger partial charge in [-0.25, -0.2) is 4.98 Å². The molecule has 0 aliphatic heterocycles. The SMILES string of the molecule is C=CCc1ccc(OCCCn2c(CNC(=O)COc3ccccc3)nc3ccccc32)c(OC)c1. The number of aromatic nitrogens is 2.